The highest BCUT2D eigenvalue weighted by Crippen LogP contribution is 2.29. The third kappa shape index (κ3) is 2.54. The summed E-state index contributed by atoms with van der Waals surface area (Å²) in [5.41, 5.74) is 4.25. The Kier molecular flexibility index (Phi) is 3.71. The van der Waals surface area contributed by atoms with Gasteiger partial charge in [-0.05, 0) is 35.0 Å². The Morgan fingerprint density at radius 3 is 2.33 bits per heavy atom. The number of aryl methyl sites for hydroxylation is 1. The van der Waals surface area contributed by atoms with Gasteiger partial charge < -0.3 is 0 Å². The van der Waals surface area contributed by atoms with Crippen molar-refractivity contribution in [3.05, 3.63) is 70.3 Å². The molecule has 0 radical (unpaired) electrons. The van der Waals surface area contributed by atoms with E-state index in [0.29, 0.717) is 15.9 Å². The molecule has 1 heterocycles. The maximum Gasteiger partial charge on any atom is 0.155 e. The molecule has 3 rings (SSSR count). The Balaban J connectivity index is 2.18. The summed E-state index contributed by atoms with van der Waals surface area (Å²) in [6.07, 6.45) is 0.839. The molecule has 0 aliphatic heterocycles. The van der Waals surface area contributed by atoms with Crippen molar-refractivity contribution >= 4 is 22.2 Å². The second-order valence-electron chi connectivity index (χ2n) is 4.78. The zero-order chi connectivity index (χ0) is 14.8. The molecule has 0 saturated carbocycles. The van der Waals surface area contributed by atoms with Crippen LogP contribution in [0.2, 0.25) is 0 Å². The van der Waals surface area contributed by atoms with Crippen molar-refractivity contribution in [1.29, 1.82) is 0 Å². The molecule has 0 N–H and O–H groups in total. The molecule has 0 unspecified atom stereocenters. The molecule has 0 fully saturated rings. The number of carbonyl (C=O) groups is 1. The molecule has 3 aromatic rings. The Labute approximate surface area is 131 Å². The van der Waals surface area contributed by atoms with Gasteiger partial charge >= 0.3 is 0 Å². The first kappa shape index (κ1) is 13.8. The summed E-state index contributed by atoms with van der Waals surface area (Å²) < 4.78 is 2.40. The number of aldehydes is 1. The Morgan fingerprint density at radius 2 is 1.71 bits per heavy atom. The van der Waals surface area contributed by atoms with Crippen molar-refractivity contribution in [3.63, 3.8) is 0 Å². The van der Waals surface area contributed by atoms with Crippen LogP contribution in [-0.4, -0.2) is 16.1 Å². The maximum atomic E-state index is 11.4. The molecule has 0 aliphatic carbocycles. The molecule has 0 amide bonds. The monoisotopic (exact) mass is 340 g/mol. The van der Waals surface area contributed by atoms with Gasteiger partial charge in [-0.2, -0.15) is 5.10 Å². The number of carbonyl (C=O) groups excluding carboxylic acids is 1. The van der Waals surface area contributed by atoms with Gasteiger partial charge in [-0.3, -0.25) is 4.79 Å². The van der Waals surface area contributed by atoms with E-state index in [1.165, 1.54) is 5.56 Å². The van der Waals surface area contributed by atoms with Crippen LogP contribution in [0.4, 0.5) is 0 Å². The lowest BCUT2D eigenvalue weighted by Crippen LogP contribution is -1.96. The minimum Gasteiger partial charge on any atom is -0.298 e. The van der Waals surface area contributed by atoms with E-state index in [2.05, 4.69) is 21.0 Å². The Hall–Kier alpha value is -2.20. The molecule has 0 atom stereocenters. The van der Waals surface area contributed by atoms with E-state index in [0.717, 1.165) is 17.5 Å². The lowest BCUT2D eigenvalue weighted by molar-refractivity contribution is 0.112. The van der Waals surface area contributed by atoms with E-state index in [9.17, 15) is 4.79 Å². The molecular formula is C17H13BrN2O. The molecule has 4 heteroatoms. The standard InChI is InChI=1S/C17H13BrN2O/c1-12-7-9-13(10-8-12)16-15(11-21)17(18)20(19-16)14-5-3-2-4-6-14/h2-11H,1H3. The fourth-order valence-electron chi connectivity index (χ4n) is 2.18. The first-order valence-corrected chi connectivity index (χ1v) is 7.36. The van der Waals surface area contributed by atoms with Gasteiger partial charge in [0.2, 0.25) is 0 Å². The van der Waals surface area contributed by atoms with E-state index in [4.69, 9.17) is 0 Å². The molecule has 1 aromatic heterocycles. The summed E-state index contributed by atoms with van der Waals surface area (Å²) in [4.78, 5) is 11.4. The summed E-state index contributed by atoms with van der Waals surface area (Å²) >= 11 is 3.48. The van der Waals surface area contributed by atoms with Gasteiger partial charge in [-0.1, -0.05) is 48.0 Å². The van der Waals surface area contributed by atoms with Gasteiger partial charge in [-0.15, -0.1) is 0 Å². The average molecular weight is 341 g/mol. The summed E-state index contributed by atoms with van der Waals surface area (Å²) in [7, 11) is 0. The highest BCUT2D eigenvalue weighted by Gasteiger charge is 2.17. The van der Waals surface area contributed by atoms with Crippen LogP contribution in [0.25, 0.3) is 16.9 Å². The molecular weight excluding hydrogens is 328 g/mol. The van der Waals surface area contributed by atoms with Gasteiger partial charge in [-0.25, -0.2) is 4.68 Å². The summed E-state index contributed by atoms with van der Waals surface area (Å²) in [6.45, 7) is 2.03. The molecule has 21 heavy (non-hydrogen) atoms. The zero-order valence-corrected chi connectivity index (χ0v) is 13.0. The third-order valence-corrected chi connectivity index (χ3v) is 4.07. The second kappa shape index (κ2) is 5.66. The lowest BCUT2D eigenvalue weighted by Gasteiger charge is -2.02. The van der Waals surface area contributed by atoms with Crippen molar-refractivity contribution in [2.45, 2.75) is 6.92 Å². The molecule has 0 aliphatic rings. The van der Waals surface area contributed by atoms with Crippen LogP contribution in [0, 0.1) is 6.92 Å². The highest BCUT2D eigenvalue weighted by molar-refractivity contribution is 9.10. The number of benzene rings is 2. The summed E-state index contributed by atoms with van der Waals surface area (Å²) in [6, 6.07) is 17.7. The van der Waals surface area contributed by atoms with E-state index in [1.807, 2.05) is 61.5 Å². The number of hydrogen-bond acceptors (Lipinski definition) is 2. The number of nitrogens with zero attached hydrogens (tertiary/aromatic N) is 2. The summed E-state index contributed by atoms with van der Waals surface area (Å²) in [5, 5.41) is 4.59. The van der Waals surface area contributed by atoms with Crippen molar-refractivity contribution in [2.75, 3.05) is 0 Å². The predicted octanol–water partition coefficient (Wildman–Crippen LogP) is 4.42. The van der Waals surface area contributed by atoms with Crippen LogP contribution in [0.1, 0.15) is 15.9 Å². The predicted molar refractivity (Wildman–Crippen MR) is 86.8 cm³/mol. The lowest BCUT2D eigenvalue weighted by atomic mass is 10.1. The van der Waals surface area contributed by atoms with E-state index in [1.54, 1.807) is 4.68 Å². The number of rotatable bonds is 3. The van der Waals surface area contributed by atoms with Crippen LogP contribution in [0.15, 0.2) is 59.2 Å². The number of hydrogen-bond donors (Lipinski definition) is 0. The first-order valence-electron chi connectivity index (χ1n) is 6.57. The van der Waals surface area contributed by atoms with Gasteiger partial charge in [0.25, 0.3) is 0 Å². The number of para-hydroxylation sites is 1. The van der Waals surface area contributed by atoms with Crippen LogP contribution < -0.4 is 0 Å². The first-order chi connectivity index (χ1) is 10.2. The average Bonchev–Trinajstić information content (AvgIpc) is 2.85. The fraction of sp³-hybridized carbons (Fsp3) is 0.0588. The maximum absolute atomic E-state index is 11.4. The molecule has 0 spiro atoms. The number of aromatic nitrogens is 2. The zero-order valence-electron chi connectivity index (χ0n) is 11.5. The number of halogens is 1. The van der Waals surface area contributed by atoms with E-state index in [-0.39, 0.29) is 0 Å². The Morgan fingerprint density at radius 1 is 1.05 bits per heavy atom. The molecule has 3 nitrogen and oxygen atoms in total. The van der Waals surface area contributed by atoms with Crippen LogP contribution in [0.3, 0.4) is 0 Å². The van der Waals surface area contributed by atoms with Crippen LogP contribution in [0.5, 0.6) is 0 Å². The molecule has 0 bridgehead atoms. The third-order valence-electron chi connectivity index (χ3n) is 3.31. The van der Waals surface area contributed by atoms with Crippen molar-refractivity contribution < 1.29 is 4.79 Å². The topological polar surface area (TPSA) is 34.9 Å². The summed E-state index contributed by atoms with van der Waals surface area (Å²) in [5.74, 6) is 0. The minimum atomic E-state index is 0.558. The van der Waals surface area contributed by atoms with Crippen molar-refractivity contribution in [2.24, 2.45) is 0 Å². The largest absolute Gasteiger partial charge is 0.298 e. The highest BCUT2D eigenvalue weighted by atomic mass is 79.9. The van der Waals surface area contributed by atoms with E-state index < -0.39 is 0 Å². The smallest absolute Gasteiger partial charge is 0.155 e. The Bertz CT molecular complexity index is 777. The molecule has 104 valence electrons. The van der Waals surface area contributed by atoms with Gasteiger partial charge in [0, 0.05) is 5.56 Å². The van der Waals surface area contributed by atoms with Crippen molar-refractivity contribution in [1.82, 2.24) is 9.78 Å². The van der Waals surface area contributed by atoms with Crippen molar-refractivity contribution in [3.8, 4) is 16.9 Å². The van der Waals surface area contributed by atoms with Gasteiger partial charge in [0.15, 0.2) is 6.29 Å². The van der Waals surface area contributed by atoms with E-state index >= 15 is 0 Å². The quantitative estimate of drug-likeness (QED) is 0.661. The van der Waals surface area contributed by atoms with Crippen LogP contribution >= 0.6 is 15.9 Å². The van der Waals surface area contributed by atoms with Gasteiger partial charge in [0.05, 0.1) is 11.3 Å². The molecule has 2 aromatic carbocycles. The molecule has 0 saturated heterocycles. The normalized spacial score (nSPS) is 10.6. The second-order valence-corrected chi connectivity index (χ2v) is 5.54. The van der Waals surface area contributed by atoms with Gasteiger partial charge in [0.1, 0.15) is 10.3 Å². The fourth-order valence-corrected chi connectivity index (χ4v) is 2.74. The van der Waals surface area contributed by atoms with Crippen LogP contribution in [-0.2, 0) is 0 Å². The minimum absolute atomic E-state index is 0.558. The SMILES string of the molecule is Cc1ccc(-c2nn(-c3ccccc3)c(Br)c2C=O)cc1.